The van der Waals surface area contributed by atoms with Crippen LogP contribution >= 0.6 is 15.9 Å². The number of aliphatic hydroxyl groups excluding tert-OH is 1. The highest BCUT2D eigenvalue weighted by molar-refractivity contribution is 9.10. The molecule has 2 unspecified atom stereocenters. The molecule has 0 saturated heterocycles. The maximum atomic E-state index is 9.86. The number of nitrogens with one attached hydrogen (secondary N) is 1. The number of nitrogens with two attached hydrogens (primary N) is 1. The predicted octanol–water partition coefficient (Wildman–Crippen LogP) is 2.39. The fraction of sp³-hybridized carbons (Fsp3) is 0.583. The minimum Gasteiger partial charge on any atom is -0.396 e. The van der Waals surface area contributed by atoms with Gasteiger partial charge >= 0.3 is 0 Å². The molecule has 1 aliphatic carbocycles. The first kappa shape index (κ1) is 12.6. The van der Waals surface area contributed by atoms with Crippen LogP contribution in [0.3, 0.4) is 0 Å². The van der Waals surface area contributed by atoms with Crippen molar-refractivity contribution in [1.29, 1.82) is 0 Å². The molecule has 0 amide bonds. The number of nitrogens with zero attached hydrogens (tertiary/aromatic N) is 1. The number of pyridine rings is 1. The summed E-state index contributed by atoms with van der Waals surface area (Å²) in [4.78, 5) is 4.22. The molecule has 4 nitrogen and oxygen atoms in total. The largest absolute Gasteiger partial charge is 0.396 e. The molecule has 1 heterocycles. The number of aromatic nitrogens is 1. The Morgan fingerprint density at radius 2 is 2.24 bits per heavy atom. The quantitative estimate of drug-likeness (QED) is 0.801. The first-order valence-electron chi connectivity index (χ1n) is 6.00. The van der Waals surface area contributed by atoms with Crippen LogP contribution in [-0.4, -0.2) is 22.7 Å². The molecule has 1 aromatic rings. The Labute approximate surface area is 110 Å². The van der Waals surface area contributed by atoms with Gasteiger partial charge in [-0.25, -0.2) is 4.98 Å². The Bertz CT molecular complexity index is 386. The highest BCUT2D eigenvalue weighted by atomic mass is 79.9. The van der Waals surface area contributed by atoms with Gasteiger partial charge in [-0.3, -0.25) is 0 Å². The summed E-state index contributed by atoms with van der Waals surface area (Å²) in [6.45, 7) is 0.736. The maximum absolute atomic E-state index is 9.86. The second-order valence-electron chi connectivity index (χ2n) is 4.58. The van der Waals surface area contributed by atoms with Crippen LogP contribution in [0.2, 0.25) is 0 Å². The average Bonchev–Trinajstić information content (AvgIpc) is 2.30. The lowest BCUT2D eigenvalue weighted by molar-refractivity contribution is 0.0763. The van der Waals surface area contributed by atoms with Crippen LogP contribution in [0.15, 0.2) is 16.7 Å². The summed E-state index contributed by atoms with van der Waals surface area (Å²) in [6, 6.07) is 1.83. The molecule has 0 radical (unpaired) electrons. The Kier molecular flexibility index (Phi) is 4.23. The lowest BCUT2D eigenvalue weighted by atomic mass is 9.86. The van der Waals surface area contributed by atoms with Gasteiger partial charge in [-0.05, 0) is 34.8 Å². The Hall–Kier alpha value is -0.810. The standard InChI is InChI=1S/C12H18BrN3O/c13-9-5-10(14)12(16-7-9)15-6-8-3-1-2-4-11(8)17/h5,7-8,11,17H,1-4,6,14H2,(H,15,16). The molecule has 1 aromatic heterocycles. The SMILES string of the molecule is Nc1cc(Br)cnc1NCC1CCCCC1O. The summed E-state index contributed by atoms with van der Waals surface area (Å²) in [7, 11) is 0. The fourth-order valence-electron chi connectivity index (χ4n) is 2.26. The van der Waals surface area contributed by atoms with Crippen LogP contribution < -0.4 is 11.1 Å². The van der Waals surface area contributed by atoms with Gasteiger partial charge in [-0.2, -0.15) is 0 Å². The van der Waals surface area contributed by atoms with Crippen LogP contribution in [0.25, 0.3) is 0 Å². The van der Waals surface area contributed by atoms with Gasteiger partial charge in [0, 0.05) is 23.1 Å². The van der Waals surface area contributed by atoms with E-state index in [9.17, 15) is 5.11 Å². The maximum Gasteiger partial charge on any atom is 0.149 e. The monoisotopic (exact) mass is 299 g/mol. The van der Waals surface area contributed by atoms with E-state index in [1.54, 1.807) is 6.20 Å². The normalized spacial score (nSPS) is 24.6. The third-order valence-electron chi connectivity index (χ3n) is 3.28. The van der Waals surface area contributed by atoms with Crippen molar-refractivity contribution < 1.29 is 5.11 Å². The highest BCUT2D eigenvalue weighted by Crippen LogP contribution is 2.26. The molecule has 1 fully saturated rings. The average molecular weight is 300 g/mol. The van der Waals surface area contributed by atoms with Gasteiger partial charge in [0.1, 0.15) is 5.82 Å². The van der Waals surface area contributed by atoms with Crippen molar-refractivity contribution in [2.75, 3.05) is 17.6 Å². The number of halogens is 1. The van der Waals surface area contributed by atoms with Crippen LogP contribution in [0, 0.1) is 5.92 Å². The van der Waals surface area contributed by atoms with E-state index >= 15 is 0 Å². The van der Waals surface area contributed by atoms with Crippen molar-refractivity contribution in [1.82, 2.24) is 4.98 Å². The van der Waals surface area contributed by atoms with Crippen LogP contribution in [0.1, 0.15) is 25.7 Å². The van der Waals surface area contributed by atoms with Gasteiger partial charge in [0.25, 0.3) is 0 Å². The lowest BCUT2D eigenvalue weighted by Crippen LogP contribution is -2.30. The van der Waals surface area contributed by atoms with E-state index in [0.717, 1.165) is 30.3 Å². The third-order valence-corrected chi connectivity index (χ3v) is 3.72. The number of hydrogen-bond acceptors (Lipinski definition) is 4. The Morgan fingerprint density at radius 3 is 2.94 bits per heavy atom. The zero-order valence-electron chi connectivity index (χ0n) is 9.69. The van der Waals surface area contributed by atoms with Gasteiger partial charge in [0.15, 0.2) is 0 Å². The minimum absolute atomic E-state index is 0.187. The molecule has 4 N–H and O–H groups in total. The minimum atomic E-state index is -0.187. The van der Waals surface area contributed by atoms with Crippen LogP contribution in [0.4, 0.5) is 11.5 Å². The molecule has 17 heavy (non-hydrogen) atoms. The van der Waals surface area contributed by atoms with E-state index in [2.05, 4.69) is 26.2 Å². The highest BCUT2D eigenvalue weighted by Gasteiger charge is 2.22. The van der Waals surface area contributed by atoms with E-state index in [4.69, 9.17) is 5.73 Å². The number of nitrogen functional groups attached to an aromatic ring is 1. The molecule has 2 atom stereocenters. The van der Waals surface area contributed by atoms with Gasteiger partial charge in [0.2, 0.25) is 0 Å². The summed E-state index contributed by atoms with van der Waals surface area (Å²) in [5.41, 5.74) is 6.48. The van der Waals surface area contributed by atoms with Crippen LogP contribution in [-0.2, 0) is 0 Å². The molecule has 5 heteroatoms. The van der Waals surface area contributed by atoms with Crippen LogP contribution in [0.5, 0.6) is 0 Å². The molecule has 0 bridgehead atoms. The summed E-state index contributed by atoms with van der Waals surface area (Å²) in [6.07, 6.45) is 5.85. The molecule has 94 valence electrons. The van der Waals surface area contributed by atoms with E-state index in [1.165, 1.54) is 6.42 Å². The molecule has 1 aliphatic rings. The number of hydrogen-bond donors (Lipinski definition) is 3. The van der Waals surface area contributed by atoms with E-state index in [-0.39, 0.29) is 6.10 Å². The third kappa shape index (κ3) is 3.33. The molecule has 2 rings (SSSR count). The van der Waals surface area contributed by atoms with Crippen molar-refractivity contribution in [3.63, 3.8) is 0 Å². The second kappa shape index (κ2) is 5.69. The van der Waals surface area contributed by atoms with Gasteiger partial charge in [-0.1, -0.05) is 12.8 Å². The Balaban J connectivity index is 1.92. The molecule has 0 aliphatic heterocycles. The van der Waals surface area contributed by atoms with Crippen molar-refractivity contribution >= 4 is 27.4 Å². The fourth-order valence-corrected chi connectivity index (χ4v) is 2.61. The van der Waals surface area contributed by atoms with E-state index < -0.39 is 0 Å². The van der Waals surface area contributed by atoms with Gasteiger partial charge in [-0.15, -0.1) is 0 Å². The van der Waals surface area contributed by atoms with Gasteiger partial charge < -0.3 is 16.2 Å². The van der Waals surface area contributed by atoms with Crippen molar-refractivity contribution in [2.45, 2.75) is 31.8 Å². The topological polar surface area (TPSA) is 71.2 Å². The summed E-state index contributed by atoms with van der Waals surface area (Å²) >= 11 is 3.32. The molecular formula is C12H18BrN3O. The molecule has 1 saturated carbocycles. The Morgan fingerprint density at radius 1 is 1.47 bits per heavy atom. The van der Waals surface area contributed by atoms with Crippen molar-refractivity contribution in [3.05, 3.63) is 16.7 Å². The molecular weight excluding hydrogens is 282 g/mol. The zero-order valence-corrected chi connectivity index (χ0v) is 11.3. The number of anilines is 2. The first-order valence-corrected chi connectivity index (χ1v) is 6.79. The van der Waals surface area contributed by atoms with E-state index in [0.29, 0.717) is 17.4 Å². The van der Waals surface area contributed by atoms with Gasteiger partial charge in [0.05, 0.1) is 11.8 Å². The second-order valence-corrected chi connectivity index (χ2v) is 5.50. The number of rotatable bonds is 3. The molecule has 0 spiro atoms. The zero-order chi connectivity index (χ0) is 12.3. The molecule has 0 aromatic carbocycles. The predicted molar refractivity (Wildman–Crippen MR) is 72.8 cm³/mol. The van der Waals surface area contributed by atoms with Crippen molar-refractivity contribution in [3.8, 4) is 0 Å². The summed E-state index contributed by atoms with van der Waals surface area (Å²) in [5, 5.41) is 13.1. The first-order chi connectivity index (χ1) is 8.16. The summed E-state index contributed by atoms with van der Waals surface area (Å²) in [5.74, 6) is 1.01. The van der Waals surface area contributed by atoms with E-state index in [1.807, 2.05) is 6.07 Å². The lowest BCUT2D eigenvalue weighted by Gasteiger charge is -2.27. The smallest absolute Gasteiger partial charge is 0.149 e. The summed E-state index contributed by atoms with van der Waals surface area (Å²) < 4.78 is 0.873. The number of aliphatic hydroxyl groups is 1. The van der Waals surface area contributed by atoms with Crippen molar-refractivity contribution in [2.24, 2.45) is 5.92 Å².